The molecular weight excluding hydrogens is 400 g/mol. The number of nitrogens with one attached hydrogen (secondary N) is 1. The first-order chi connectivity index (χ1) is 13.9. The van der Waals surface area contributed by atoms with E-state index in [2.05, 4.69) is 4.98 Å². The lowest BCUT2D eigenvalue weighted by molar-refractivity contribution is 0.0695. The third-order valence-corrected chi connectivity index (χ3v) is 5.71. The van der Waals surface area contributed by atoms with Crippen LogP contribution >= 0.6 is 0 Å². The Kier molecular flexibility index (Phi) is 6.22. The molecule has 0 fully saturated rings. The van der Waals surface area contributed by atoms with Crippen LogP contribution < -0.4 is 5.43 Å². The van der Waals surface area contributed by atoms with Gasteiger partial charge in [-0.2, -0.15) is 0 Å². The van der Waals surface area contributed by atoms with E-state index in [1.807, 2.05) is 0 Å². The normalized spacial score (nSPS) is 12.2. The number of rotatable bonds is 7. The van der Waals surface area contributed by atoms with Gasteiger partial charge in [0.1, 0.15) is 5.56 Å². The van der Waals surface area contributed by atoms with Gasteiger partial charge in [-0.3, -0.25) is 17.8 Å². The van der Waals surface area contributed by atoms with Crippen molar-refractivity contribution >= 4 is 27.7 Å². The molecule has 0 aliphatic carbocycles. The number of alkyl halides is 2. The van der Waals surface area contributed by atoms with Gasteiger partial charge in [0.25, 0.3) is 0 Å². The van der Waals surface area contributed by atoms with E-state index in [4.69, 9.17) is 0 Å². The van der Waals surface area contributed by atoms with Crippen LogP contribution in [-0.2, 0) is 23.6 Å². The Hall–Kier alpha value is -2.87. The molecule has 0 saturated heterocycles. The van der Waals surface area contributed by atoms with Gasteiger partial charge in [0.2, 0.25) is 5.43 Å². The number of carboxylic acid groups (broad SMARTS) is 1. The van der Waals surface area contributed by atoms with Crippen molar-refractivity contribution in [2.24, 2.45) is 0 Å². The van der Waals surface area contributed by atoms with Gasteiger partial charge >= 0.3 is 5.97 Å². The molecule has 1 aromatic heterocycles. The van der Waals surface area contributed by atoms with E-state index >= 15 is 0 Å². The molecule has 8 heteroatoms. The number of H-pyrrole nitrogens is 1. The Bertz CT molecular complexity index is 1160. The summed E-state index contributed by atoms with van der Waals surface area (Å²) in [7, 11) is -1.17. The fourth-order valence-electron chi connectivity index (χ4n) is 3.47. The van der Waals surface area contributed by atoms with Crippen LogP contribution in [0.4, 0.5) is 8.78 Å². The lowest BCUT2D eigenvalue weighted by Crippen LogP contribution is -2.17. The van der Waals surface area contributed by atoms with E-state index in [1.54, 1.807) is 30.5 Å². The zero-order valence-corrected chi connectivity index (χ0v) is 16.4. The van der Waals surface area contributed by atoms with Crippen molar-refractivity contribution in [3.63, 3.8) is 0 Å². The summed E-state index contributed by atoms with van der Waals surface area (Å²) < 4.78 is 38.3. The van der Waals surface area contributed by atoms with E-state index in [1.165, 1.54) is 6.07 Å². The number of aromatic carboxylic acids is 1. The molecule has 0 radical (unpaired) electrons. The predicted molar refractivity (Wildman–Crippen MR) is 109 cm³/mol. The van der Waals surface area contributed by atoms with Gasteiger partial charge in [0.15, 0.2) is 0 Å². The Balaban J connectivity index is 2.38. The molecule has 3 aromatic rings. The standard InChI is InChI=1S/C21H19F2NO4S/c1-29(28)14-4-2-12(3-5-14)18-13(6-8-22)10-16-19(15(18)7-9-23)24-11-17(20(16)25)21(26)27/h2-5,10-11H,6-9H2,1H3,(H,24,25)(H,26,27). The minimum atomic E-state index is -1.38. The Morgan fingerprint density at radius 1 is 1.14 bits per heavy atom. The zero-order chi connectivity index (χ0) is 21.1. The molecule has 3 rings (SSSR count). The lowest BCUT2D eigenvalue weighted by Gasteiger charge is -2.17. The first kappa shape index (κ1) is 20.9. The smallest absolute Gasteiger partial charge is 0.341 e. The molecule has 5 nitrogen and oxygen atoms in total. The maximum Gasteiger partial charge on any atom is 0.341 e. The van der Waals surface area contributed by atoms with Crippen molar-refractivity contribution in [1.29, 1.82) is 0 Å². The highest BCUT2D eigenvalue weighted by Crippen LogP contribution is 2.34. The minimum absolute atomic E-state index is 0.0112. The van der Waals surface area contributed by atoms with E-state index in [-0.39, 0.29) is 18.2 Å². The second kappa shape index (κ2) is 8.65. The number of aromatic amines is 1. The van der Waals surface area contributed by atoms with Crippen LogP contribution in [0.5, 0.6) is 0 Å². The molecular formula is C21H19F2NO4S. The van der Waals surface area contributed by atoms with Gasteiger partial charge in [0, 0.05) is 46.4 Å². The number of hydrogen-bond acceptors (Lipinski definition) is 3. The van der Waals surface area contributed by atoms with E-state index < -0.39 is 41.1 Å². The molecule has 0 aliphatic rings. The predicted octanol–water partition coefficient (Wildman–Crippen LogP) is 3.65. The van der Waals surface area contributed by atoms with E-state index in [0.29, 0.717) is 32.7 Å². The first-order valence-corrected chi connectivity index (χ1v) is 10.4. The summed E-state index contributed by atoms with van der Waals surface area (Å²) in [5.74, 6) is -1.38. The summed E-state index contributed by atoms with van der Waals surface area (Å²) in [6, 6.07) is 8.30. The van der Waals surface area contributed by atoms with Crippen molar-refractivity contribution in [2.75, 3.05) is 19.6 Å². The number of halogens is 2. The van der Waals surface area contributed by atoms with Crippen molar-refractivity contribution < 1.29 is 22.9 Å². The second-order valence-electron chi connectivity index (χ2n) is 6.50. The highest BCUT2D eigenvalue weighted by Gasteiger charge is 2.20. The van der Waals surface area contributed by atoms with E-state index in [0.717, 1.165) is 6.20 Å². The largest absolute Gasteiger partial charge is 0.477 e. The molecule has 1 unspecified atom stereocenters. The molecule has 29 heavy (non-hydrogen) atoms. The quantitative estimate of drug-likeness (QED) is 0.612. The van der Waals surface area contributed by atoms with Crippen LogP contribution in [0.2, 0.25) is 0 Å². The molecule has 1 atom stereocenters. The fraction of sp³-hybridized carbons (Fsp3) is 0.238. The monoisotopic (exact) mass is 419 g/mol. The Labute approximate surface area is 167 Å². The van der Waals surface area contributed by atoms with Gasteiger partial charge in [-0.15, -0.1) is 0 Å². The van der Waals surface area contributed by atoms with Crippen molar-refractivity contribution in [2.45, 2.75) is 17.7 Å². The fourth-order valence-corrected chi connectivity index (χ4v) is 3.99. The van der Waals surface area contributed by atoms with Crippen molar-refractivity contribution in [1.82, 2.24) is 4.98 Å². The van der Waals surface area contributed by atoms with Crippen LogP contribution in [0, 0.1) is 0 Å². The number of benzene rings is 2. The van der Waals surface area contributed by atoms with Gasteiger partial charge in [-0.05, 0) is 40.5 Å². The third-order valence-electron chi connectivity index (χ3n) is 4.78. The molecule has 0 saturated carbocycles. The maximum absolute atomic E-state index is 13.4. The number of carboxylic acids is 1. The van der Waals surface area contributed by atoms with Gasteiger partial charge in [-0.1, -0.05) is 12.1 Å². The highest BCUT2D eigenvalue weighted by molar-refractivity contribution is 7.84. The number of aromatic nitrogens is 1. The highest BCUT2D eigenvalue weighted by atomic mass is 32.2. The molecule has 0 aliphatic heterocycles. The number of hydrogen-bond donors (Lipinski definition) is 2. The molecule has 0 amide bonds. The van der Waals surface area contributed by atoms with Crippen molar-refractivity contribution in [3.8, 4) is 11.1 Å². The topological polar surface area (TPSA) is 87.2 Å². The minimum Gasteiger partial charge on any atom is -0.477 e. The zero-order valence-electron chi connectivity index (χ0n) is 15.6. The van der Waals surface area contributed by atoms with Crippen LogP contribution in [0.25, 0.3) is 22.0 Å². The molecule has 0 spiro atoms. The van der Waals surface area contributed by atoms with E-state index in [9.17, 15) is 27.7 Å². The van der Waals surface area contributed by atoms with Crippen LogP contribution in [-0.4, -0.2) is 39.9 Å². The summed E-state index contributed by atoms with van der Waals surface area (Å²) in [5.41, 5.74) is 1.44. The lowest BCUT2D eigenvalue weighted by atomic mass is 9.88. The van der Waals surface area contributed by atoms with Gasteiger partial charge < -0.3 is 10.1 Å². The summed E-state index contributed by atoms with van der Waals surface area (Å²) in [5, 5.41) is 9.30. The number of fused-ring (bicyclic) bond motifs is 1. The van der Waals surface area contributed by atoms with Gasteiger partial charge in [0.05, 0.1) is 18.9 Å². The molecule has 2 N–H and O–H groups in total. The summed E-state index contributed by atoms with van der Waals surface area (Å²) in [4.78, 5) is 27.4. The summed E-state index contributed by atoms with van der Waals surface area (Å²) >= 11 is 0. The average Bonchev–Trinajstić information content (AvgIpc) is 2.69. The van der Waals surface area contributed by atoms with Crippen LogP contribution in [0.1, 0.15) is 21.5 Å². The summed E-state index contributed by atoms with van der Waals surface area (Å²) in [6.07, 6.45) is 2.61. The number of carbonyl (C=O) groups is 1. The van der Waals surface area contributed by atoms with Crippen molar-refractivity contribution in [3.05, 3.63) is 63.4 Å². The Morgan fingerprint density at radius 3 is 2.34 bits per heavy atom. The number of aryl methyl sites for hydroxylation is 2. The Morgan fingerprint density at radius 2 is 1.79 bits per heavy atom. The molecule has 2 aromatic carbocycles. The van der Waals surface area contributed by atoms with Gasteiger partial charge in [-0.25, -0.2) is 4.79 Å². The first-order valence-electron chi connectivity index (χ1n) is 8.88. The summed E-state index contributed by atoms with van der Waals surface area (Å²) in [6.45, 7) is -1.40. The second-order valence-corrected chi connectivity index (χ2v) is 7.88. The van der Waals surface area contributed by atoms with Crippen LogP contribution in [0.15, 0.2) is 46.2 Å². The van der Waals surface area contributed by atoms with Crippen LogP contribution in [0.3, 0.4) is 0 Å². The molecule has 1 heterocycles. The third kappa shape index (κ3) is 3.98. The maximum atomic E-state index is 13.4. The number of pyridine rings is 1. The molecule has 0 bridgehead atoms. The SMILES string of the molecule is CS(=O)c1ccc(-c2c(CCF)cc3c(=O)c(C(=O)O)c[nH]c3c2CCF)cc1. The average molecular weight is 419 g/mol. The molecule has 152 valence electrons.